The standard InChI is InChI=1S/C12H16FNO3/c13-10-3-1-2-9(11(10)15)6-14-7-12(16)4-5-17-8-12/h1-3,14-16H,4-8H2. The zero-order chi connectivity index (χ0) is 12.3. The number of aromatic hydroxyl groups is 1. The normalized spacial score (nSPS) is 24.1. The number of benzene rings is 1. The number of para-hydroxylation sites is 1. The molecule has 1 saturated heterocycles. The van der Waals surface area contributed by atoms with Crippen LogP contribution in [0.5, 0.6) is 5.75 Å². The van der Waals surface area contributed by atoms with Crippen molar-refractivity contribution in [3.63, 3.8) is 0 Å². The molecule has 2 rings (SSSR count). The number of phenols is 1. The van der Waals surface area contributed by atoms with E-state index < -0.39 is 11.4 Å². The summed E-state index contributed by atoms with van der Waals surface area (Å²) in [5.74, 6) is -0.970. The maximum Gasteiger partial charge on any atom is 0.165 e. The van der Waals surface area contributed by atoms with Gasteiger partial charge in [0.05, 0.1) is 6.61 Å². The molecule has 3 N–H and O–H groups in total. The highest BCUT2D eigenvalue weighted by atomic mass is 19.1. The Morgan fingerprint density at radius 1 is 1.47 bits per heavy atom. The number of ether oxygens (including phenoxy) is 1. The minimum absolute atomic E-state index is 0.311. The first-order valence-electron chi connectivity index (χ1n) is 5.58. The van der Waals surface area contributed by atoms with Gasteiger partial charge in [-0.15, -0.1) is 0 Å². The van der Waals surface area contributed by atoms with E-state index in [1.54, 1.807) is 12.1 Å². The Morgan fingerprint density at radius 2 is 2.29 bits per heavy atom. The van der Waals surface area contributed by atoms with E-state index in [-0.39, 0.29) is 5.75 Å². The molecule has 0 bridgehead atoms. The van der Waals surface area contributed by atoms with E-state index in [0.717, 1.165) is 0 Å². The smallest absolute Gasteiger partial charge is 0.165 e. The van der Waals surface area contributed by atoms with E-state index in [1.807, 2.05) is 0 Å². The summed E-state index contributed by atoms with van der Waals surface area (Å²) in [6.07, 6.45) is 0.592. The van der Waals surface area contributed by atoms with Gasteiger partial charge >= 0.3 is 0 Å². The maximum atomic E-state index is 13.0. The maximum absolute atomic E-state index is 13.0. The van der Waals surface area contributed by atoms with E-state index in [9.17, 15) is 14.6 Å². The van der Waals surface area contributed by atoms with Crippen LogP contribution in [0.3, 0.4) is 0 Å². The van der Waals surface area contributed by atoms with Crippen molar-refractivity contribution in [2.45, 2.75) is 18.6 Å². The van der Waals surface area contributed by atoms with E-state index in [0.29, 0.717) is 38.3 Å². The molecule has 1 aromatic carbocycles. The Balaban J connectivity index is 1.88. The summed E-state index contributed by atoms with van der Waals surface area (Å²) in [4.78, 5) is 0. The van der Waals surface area contributed by atoms with Gasteiger partial charge in [-0.3, -0.25) is 0 Å². The quantitative estimate of drug-likeness (QED) is 0.728. The molecular weight excluding hydrogens is 225 g/mol. The molecule has 17 heavy (non-hydrogen) atoms. The van der Waals surface area contributed by atoms with Crippen LogP contribution < -0.4 is 5.32 Å². The first kappa shape index (κ1) is 12.3. The van der Waals surface area contributed by atoms with Crippen LogP contribution in [-0.4, -0.2) is 35.6 Å². The fraction of sp³-hybridized carbons (Fsp3) is 0.500. The van der Waals surface area contributed by atoms with Gasteiger partial charge in [0.1, 0.15) is 5.60 Å². The van der Waals surface area contributed by atoms with Crippen molar-refractivity contribution in [1.29, 1.82) is 0 Å². The molecule has 5 heteroatoms. The van der Waals surface area contributed by atoms with Gasteiger partial charge in [-0.05, 0) is 6.07 Å². The molecule has 1 heterocycles. The molecule has 1 fully saturated rings. The topological polar surface area (TPSA) is 61.7 Å². The lowest BCUT2D eigenvalue weighted by Crippen LogP contribution is -2.40. The number of rotatable bonds is 4. The summed E-state index contributed by atoms with van der Waals surface area (Å²) in [6.45, 7) is 1.55. The Hall–Kier alpha value is -1.17. The van der Waals surface area contributed by atoms with E-state index >= 15 is 0 Å². The molecule has 1 aromatic rings. The summed E-state index contributed by atoms with van der Waals surface area (Å²) in [5, 5.41) is 22.4. The summed E-state index contributed by atoms with van der Waals surface area (Å²) < 4.78 is 18.1. The highest BCUT2D eigenvalue weighted by molar-refractivity contribution is 5.33. The Kier molecular flexibility index (Phi) is 3.61. The number of hydrogen-bond donors (Lipinski definition) is 3. The molecule has 1 atom stereocenters. The number of phenolic OH excluding ortho intramolecular Hbond substituents is 1. The molecule has 4 nitrogen and oxygen atoms in total. The Morgan fingerprint density at radius 3 is 3.00 bits per heavy atom. The van der Waals surface area contributed by atoms with Crippen LogP contribution in [0.15, 0.2) is 18.2 Å². The third-order valence-corrected chi connectivity index (χ3v) is 2.92. The van der Waals surface area contributed by atoms with Crippen molar-refractivity contribution in [3.05, 3.63) is 29.6 Å². The molecule has 1 aliphatic rings. The van der Waals surface area contributed by atoms with Crippen LogP contribution in [0.25, 0.3) is 0 Å². The predicted molar refractivity (Wildman–Crippen MR) is 60.2 cm³/mol. The Bertz CT molecular complexity index is 391. The minimum Gasteiger partial charge on any atom is -0.505 e. The van der Waals surface area contributed by atoms with Crippen LogP contribution in [0.4, 0.5) is 4.39 Å². The third-order valence-electron chi connectivity index (χ3n) is 2.92. The van der Waals surface area contributed by atoms with Gasteiger partial charge < -0.3 is 20.3 Å². The predicted octanol–water partition coefficient (Wildman–Crippen LogP) is 0.772. The van der Waals surface area contributed by atoms with Crippen LogP contribution in [-0.2, 0) is 11.3 Å². The first-order valence-corrected chi connectivity index (χ1v) is 5.58. The summed E-state index contributed by atoms with van der Waals surface area (Å²) >= 11 is 0. The summed E-state index contributed by atoms with van der Waals surface area (Å²) in [6, 6.07) is 4.39. The van der Waals surface area contributed by atoms with Gasteiger partial charge in [0, 0.05) is 31.7 Å². The SMILES string of the molecule is Oc1c(F)cccc1CNCC1(O)CCOC1. The lowest BCUT2D eigenvalue weighted by atomic mass is 10.0. The molecule has 1 unspecified atom stereocenters. The molecule has 1 aliphatic heterocycles. The second-order valence-corrected chi connectivity index (χ2v) is 4.38. The lowest BCUT2D eigenvalue weighted by molar-refractivity contribution is 0.0268. The first-order chi connectivity index (χ1) is 8.11. The lowest BCUT2D eigenvalue weighted by Gasteiger charge is -2.20. The van der Waals surface area contributed by atoms with Crippen molar-refractivity contribution in [2.75, 3.05) is 19.8 Å². The number of halogens is 1. The zero-order valence-electron chi connectivity index (χ0n) is 9.45. The zero-order valence-corrected chi connectivity index (χ0v) is 9.45. The second kappa shape index (κ2) is 5.00. The fourth-order valence-electron chi connectivity index (χ4n) is 1.87. The molecule has 0 spiro atoms. The van der Waals surface area contributed by atoms with E-state index in [4.69, 9.17) is 4.74 Å². The monoisotopic (exact) mass is 241 g/mol. The van der Waals surface area contributed by atoms with Crippen molar-refractivity contribution in [1.82, 2.24) is 5.32 Å². The highest BCUT2D eigenvalue weighted by Gasteiger charge is 2.31. The molecule has 0 radical (unpaired) electrons. The van der Waals surface area contributed by atoms with Crippen LogP contribution >= 0.6 is 0 Å². The van der Waals surface area contributed by atoms with Gasteiger partial charge in [-0.25, -0.2) is 4.39 Å². The summed E-state index contributed by atoms with van der Waals surface area (Å²) in [5.41, 5.74) is -0.365. The highest BCUT2D eigenvalue weighted by Crippen LogP contribution is 2.21. The van der Waals surface area contributed by atoms with Crippen molar-refractivity contribution in [2.24, 2.45) is 0 Å². The van der Waals surface area contributed by atoms with Crippen molar-refractivity contribution < 1.29 is 19.3 Å². The van der Waals surface area contributed by atoms with E-state index in [1.165, 1.54) is 6.07 Å². The summed E-state index contributed by atoms with van der Waals surface area (Å²) in [7, 11) is 0. The molecule has 0 aromatic heterocycles. The van der Waals surface area contributed by atoms with Gasteiger partial charge in [0.2, 0.25) is 0 Å². The Labute approximate surface area is 99.0 Å². The van der Waals surface area contributed by atoms with Gasteiger partial charge in [0.25, 0.3) is 0 Å². The average Bonchev–Trinajstić information content (AvgIpc) is 2.72. The largest absolute Gasteiger partial charge is 0.505 e. The third kappa shape index (κ3) is 2.94. The van der Waals surface area contributed by atoms with Crippen LogP contribution in [0.2, 0.25) is 0 Å². The average molecular weight is 241 g/mol. The van der Waals surface area contributed by atoms with Crippen molar-refractivity contribution >= 4 is 0 Å². The molecule has 0 saturated carbocycles. The van der Waals surface area contributed by atoms with Gasteiger partial charge in [0.15, 0.2) is 11.6 Å². The molecular formula is C12H16FNO3. The number of hydrogen-bond acceptors (Lipinski definition) is 4. The number of nitrogens with one attached hydrogen (secondary N) is 1. The number of aliphatic hydroxyl groups is 1. The molecule has 0 aliphatic carbocycles. The van der Waals surface area contributed by atoms with Gasteiger partial charge in [-0.1, -0.05) is 12.1 Å². The van der Waals surface area contributed by atoms with E-state index in [2.05, 4.69) is 5.32 Å². The molecule has 94 valence electrons. The minimum atomic E-state index is -0.844. The van der Waals surface area contributed by atoms with Crippen LogP contribution in [0, 0.1) is 5.82 Å². The fourth-order valence-corrected chi connectivity index (χ4v) is 1.87. The van der Waals surface area contributed by atoms with Gasteiger partial charge in [-0.2, -0.15) is 0 Å². The second-order valence-electron chi connectivity index (χ2n) is 4.38. The molecule has 0 amide bonds. The van der Waals surface area contributed by atoms with Crippen LogP contribution in [0.1, 0.15) is 12.0 Å². The van der Waals surface area contributed by atoms with Crippen molar-refractivity contribution in [3.8, 4) is 5.75 Å².